The second-order valence-corrected chi connectivity index (χ2v) is 4.53. The average molecular weight is 245 g/mol. The number of carboxylic acids is 1. The summed E-state index contributed by atoms with van der Waals surface area (Å²) in [6, 6.07) is -0.801. The molecule has 0 saturated heterocycles. The molecule has 2 N–H and O–H groups in total. The second-order valence-electron chi connectivity index (χ2n) is 4.53. The minimum Gasteiger partial charge on any atom is -0.480 e. The molecule has 0 aliphatic rings. The molecule has 0 aromatic carbocycles. The summed E-state index contributed by atoms with van der Waals surface area (Å²) in [5.74, 6) is -0.736. The van der Waals surface area contributed by atoms with E-state index in [9.17, 15) is 9.59 Å². The molecule has 100 valence electrons. The smallest absolute Gasteiger partial charge is 0.326 e. The molecule has 0 aliphatic heterocycles. The number of aliphatic carboxylic acids is 1. The highest BCUT2D eigenvalue weighted by Gasteiger charge is 2.19. The van der Waals surface area contributed by atoms with Crippen molar-refractivity contribution in [1.82, 2.24) is 5.32 Å². The van der Waals surface area contributed by atoms with Gasteiger partial charge in [0.05, 0.1) is 0 Å². The lowest BCUT2D eigenvalue weighted by Crippen LogP contribution is -2.40. The fraction of sp³-hybridized carbons (Fsp3) is 0.833. The summed E-state index contributed by atoms with van der Waals surface area (Å²) in [5.41, 5.74) is 0. The van der Waals surface area contributed by atoms with Crippen LogP contribution >= 0.6 is 0 Å². The SMILES string of the molecule is COCCCC(NC(=O)CCC(C)C)C(=O)O. The predicted molar refractivity (Wildman–Crippen MR) is 64.7 cm³/mol. The Hall–Kier alpha value is -1.10. The van der Waals surface area contributed by atoms with Gasteiger partial charge in [0.25, 0.3) is 0 Å². The zero-order chi connectivity index (χ0) is 13.3. The van der Waals surface area contributed by atoms with Crippen LogP contribution in [0.1, 0.15) is 39.5 Å². The Bertz CT molecular complexity index is 241. The number of rotatable bonds is 9. The number of hydrogen-bond acceptors (Lipinski definition) is 3. The summed E-state index contributed by atoms with van der Waals surface area (Å²) in [7, 11) is 1.57. The quantitative estimate of drug-likeness (QED) is 0.602. The number of amides is 1. The van der Waals surface area contributed by atoms with E-state index in [0.717, 1.165) is 6.42 Å². The van der Waals surface area contributed by atoms with Gasteiger partial charge in [0, 0.05) is 20.1 Å². The largest absolute Gasteiger partial charge is 0.480 e. The minimum absolute atomic E-state index is 0.191. The van der Waals surface area contributed by atoms with Crippen LogP contribution in [0.15, 0.2) is 0 Å². The number of ether oxygens (including phenoxy) is 1. The first-order valence-corrected chi connectivity index (χ1v) is 5.98. The van der Waals surface area contributed by atoms with Crippen molar-refractivity contribution >= 4 is 11.9 Å². The first kappa shape index (κ1) is 15.9. The van der Waals surface area contributed by atoms with Crippen molar-refractivity contribution in [1.29, 1.82) is 0 Å². The Morgan fingerprint density at radius 2 is 1.94 bits per heavy atom. The molecule has 5 heteroatoms. The van der Waals surface area contributed by atoms with Crippen molar-refractivity contribution in [2.75, 3.05) is 13.7 Å². The van der Waals surface area contributed by atoms with Crippen LogP contribution in [0.3, 0.4) is 0 Å². The molecule has 0 fully saturated rings. The van der Waals surface area contributed by atoms with Crippen LogP contribution in [-0.4, -0.2) is 36.7 Å². The summed E-state index contributed by atoms with van der Waals surface area (Å²) in [6.45, 7) is 4.56. The molecular formula is C12H23NO4. The van der Waals surface area contributed by atoms with Crippen LogP contribution < -0.4 is 5.32 Å². The van der Waals surface area contributed by atoms with E-state index in [2.05, 4.69) is 5.32 Å². The van der Waals surface area contributed by atoms with E-state index >= 15 is 0 Å². The zero-order valence-electron chi connectivity index (χ0n) is 10.9. The van der Waals surface area contributed by atoms with Crippen molar-refractivity contribution in [3.8, 4) is 0 Å². The summed E-state index contributed by atoms with van der Waals surface area (Å²) >= 11 is 0. The van der Waals surface area contributed by atoms with Gasteiger partial charge in [-0.2, -0.15) is 0 Å². The molecule has 1 amide bonds. The number of carboxylic acid groups (broad SMARTS) is 1. The van der Waals surface area contributed by atoms with E-state index in [1.807, 2.05) is 13.8 Å². The van der Waals surface area contributed by atoms with Crippen molar-refractivity contribution in [3.05, 3.63) is 0 Å². The molecule has 0 radical (unpaired) electrons. The monoisotopic (exact) mass is 245 g/mol. The second kappa shape index (κ2) is 8.98. The van der Waals surface area contributed by atoms with Gasteiger partial charge < -0.3 is 15.2 Å². The number of carbonyl (C=O) groups excluding carboxylic acids is 1. The summed E-state index contributed by atoms with van der Waals surface area (Å²) in [4.78, 5) is 22.4. The highest BCUT2D eigenvalue weighted by atomic mass is 16.5. The average Bonchev–Trinajstić information content (AvgIpc) is 2.25. The van der Waals surface area contributed by atoms with Gasteiger partial charge in [0.1, 0.15) is 6.04 Å². The Labute approximate surface area is 103 Å². The van der Waals surface area contributed by atoms with Crippen LogP contribution in [0.5, 0.6) is 0 Å². The molecule has 1 atom stereocenters. The topological polar surface area (TPSA) is 75.6 Å². The minimum atomic E-state index is -0.987. The molecule has 0 aromatic rings. The van der Waals surface area contributed by atoms with Crippen LogP contribution in [0.4, 0.5) is 0 Å². The standard InChI is InChI=1S/C12H23NO4/c1-9(2)6-7-11(14)13-10(12(15)16)5-4-8-17-3/h9-10H,4-8H2,1-3H3,(H,13,14)(H,15,16). The summed E-state index contributed by atoms with van der Waals surface area (Å²) in [5, 5.41) is 11.5. The lowest BCUT2D eigenvalue weighted by atomic mass is 10.1. The van der Waals surface area contributed by atoms with Gasteiger partial charge >= 0.3 is 5.97 Å². The van der Waals surface area contributed by atoms with E-state index in [-0.39, 0.29) is 5.91 Å². The van der Waals surface area contributed by atoms with Gasteiger partial charge in [-0.15, -0.1) is 0 Å². The van der Waals surface area contributed by atoms with E-state index in [0.29, 0.717) is 31.8 Å². The number of nitrogens with one attached hydrogen (secondary N) is 1. The van der Waals surface area contributed by atoms with Crippen molar-refractivity contribution in [3.63, 3.8) is 0 Å². The van der Waals surface area contributed by atoms with Gasteiger partial charge in [-0.1, -0.05) is 13.8 Å². The summed E-state index contributed by atoms with van der Waals surface area (Å²) < 4.78 is 4.85. The normalized spacial score (nSPS) is 12.5. The van der Waals surface area contributed by atoms with Gasteiger partial charge in [0.15, 0.2) is 0 Å². The molecule has 5 nitrogen and oxygen atoms in total. The van der Waals surface area contributed by atoms with E-state index in [4.69, 9.17) is 9.84 Å². The maximum absolute atomic E-state index is 11.5. The van der Waals surface area contributed by atoms with Gasteiger partial charge in [-0.05, 0) is 25.2 Å². The van der Waals surface area contributed by atoms with E-state index < -0.39 is 12.0 Å². The van der Waals surface area contributed by atoms with Crippen LogP contribution in [0, 0.1) is 5.92 Å². The number of carbonyl (C=O) groups is 2. The third kappa shape index (κ3) is 8.68. The predicted octanol–water partition coefficient (Wildman–Crippen LogP) is 1.42. The maximum Gasteiger partial charge on any atom is 0.326 e. The third-order valence-electron chi connectivity index (χ3n) is 2.42. The molecular weight excluding hydrogens is 222 g/mol. The van der Waals surface area contributed by atoms with Crippen LogP contribution in [-0.2, 0) is 14.3 Å². The molecule has 0 heterocycles. The Balaban J connectivity index is 3.98. The molecule has 0 saturated carbocycles. The third-order valence-corrected chi connectivity index (χ3v) is 2.42. The molecule has 1 unspecified atom stereocenters. The Morgan fingerprint density at radius 3 is 2.41 bits per heavy atom. The fourth-order valence-electron chi connectivity index (χ4n) is 1.38. The Kier molecular flexibility index (Phi) is 8.40. The van der Waals surface area contributed by atoms with Gasteiger partial charge in [0.2, 0.25) is 5.91 Å². The van der Waals surface area contributed by atoms with Gasteiger partial charge in [-0.3, -0.25) is 4.79 Å². The molecule has 0 aliphatic carbocycles. The van der Waals surface area contributed by atoms with Crippen molar-refractivity contribution in [2.24, 2.45) is 5.92 Å². The maximum atomic E-state index is 11.5. The zero-order valence-corrected chi connectivity index (χ0v) is 10.9. The van der Waals surface area contributed by atoms with Gasteiger partial charge in [-0.25, -0.2) is 4.79 Å². The molecule has 0 rings (SSSR count). The molecule has 0 spiro atoms. The molecule has 17 heavy (non-hydrogen) atoms. The molecule has 0 aromatic heterocycles. The van der Waals surface area contributed by atoms with Crippen molar-refractivity contribution in [2.45, 2.75) is 45.6 Å². The Morgan fingerprint density at radius 1 is 1.29 bits per heavy atom. The van der Waals surface area contributed by atoms with Crippen LogP contribution in [0.25, 0.3) is 0 Å². The molecule has 0 bridgehead atoms. The number of hydrogen-bond donors (Lipinski definition) is 2. The summed E-state index contributed by atoms with van der Waals surface area (Å²) in [6.07, 6.45) is 2.18. The van der Waals surface area contributed by atoms with E-state index in [1.165, 1.54) is 0 Å². The highest BCUT2D eigenvalue weighted by molar-refractivity contribution is 5.83. The number of methoxy groups -OCH3 is 1. The van der Waals surface area contributed by atoms with Crippen molar-refractivity contribution < 1.29 is 19.4 Å². The fourth-order valence-corrected chi connectivity index (χ4v) is 1.38. The first-order valence-electron chi connectivity index (χ1n) is 5.98. The van der Waals surface area contributed by atoms with E-state index in [1.54, 1.807) is 7.11 Å². The first-order chi connectivity index (χ1) is 7.97. The lowest BCUT2D eigenvalue weighted by Gasteiger charge is -2.14. The highest BCUT2D eigenvalue weighted by Crippen LogP contribution is 2.04. The lowest BCUT2D eigenvalue weighted by molar-refractivity contribution is -0.142. The van der Waals surface area contributed by atoms with Crippen LogP contribution in [0.2, 0.25) is 0 Å².